The molecule has 15 heteroatoms. The fraction of sp³-hybridized carbons (Fsp3) is 0.512. The zero-order chi connectivity index (χ0) is 41.5. The number of benzene rings is 2. The second-order valence-electron chi connectivity index (χ2n) is 15.6. The molecule has 1 heterocycles. The number of carbonyl (C=O) groups excluding carboxylic acids is 5. The Morgan fingerprint density at radius 1 is 0.607 bits per heavy atom. The minimum absolute atomic E-state index is 0.00365. The van der Waals surface area contributed by atoms with Crippen LogP contribution in [-0.2, 0) is 41.6 Å². The van der Waals surface area contributed by atoms with Crippen LogP contribution in [0.3, 0.4) is 0 Å². The Balaban J connectivity index is 1.99. The summed E-state index contributed by atoms with van der Waals surface area (Å²) >= 11 is 4.10. The van der Waals surface area contributed by atoms with Crippen molar-refractivity contribution in [2.45, 2.75) is 110 Å². The summed E-state index contributed by atoms with van der Waals surface area (Å²) in [5.41, 5.74) is 8.15. The largest absolute Gasteiger partial charge is 0.480 e. The Kier molecular flexibility index (Phi) is 17.9. The Hall–Kier alpha value is -4.89. The maximum Gasteiger partial charge on any atom is 0.326 e. The number of para-hydroxylation sites is 1. The zero-order valence-electron chi connectivity index (χ0n) is 33.1. The van der Waals surface area contributed by atoms with E-state index < -0.39 is 71.8 Å². The average Bonchev–Trinajstić information content (AvgIpc) is 3.55. The number of aliphatic carboxylic acids is 1. The van der Waals surface area contributed by atoms with Gasteiger partial charge in [-0.15, -0.1) is 0 Å². The van der Waals surface area contributed by atoms with Gasteiger partial charge in [0.25, 0.3) is 0 Å². The SMILES string of the molecule is CC(C)C[C@H](NC(=O)[C@H](CC(C)C)NC(=O)[C@H](Cc1c[nH]c2ccccc12)NC(=O)[C@H](Cc1ccccc1)NC(=O)[C@H](CC(C)C)NC(=O)[C@@H](N)CS)C(=O)O. The standard InChI is InChI=1S/C41H59N7O7S/c1-23(2)16-31(44-36(49)29(42)22-56)37(50)46-33(19-26-12-8-7-9-13-26)39(52)47-34(20-27-21-43-30-15-11-10-14-28(27)30)40(53)45-32(17-24(3)4)38(51)48-35(41(54)55)18-25(5)6/h7-15,21,23-25,29,31-35,43,56H,16-20,22,42H2,1-6H3,(H,44,49)(H,45,53)(H,46,50)(H,47,52)(H,48,51)(H,54,55)/t29-,31-,32-,33-,34-,35-/m0/s1. The molecule has 0 saturated carbocycles. The van der Waals surface area contributed by atoms with Crippen LogP contribution in [0.4, 0.5) is 0 Å². The van der Waals surface area contributed by atoms with Gasteiger partial charge in [0.2, 0.25) is 29.5 Å². The fourth-order valence-electron chi connectivity index (χ4n) is 6.34. The predicted octanol–water partition coefficient (Wildman–Crippen LogP) is 2.86. The smallest absolute Gasteiger partial charge is 0.326 e. The maximum absolute atomic E-state index is 14.4. The summed E-state index contributed by atoms with van der Waals surface area (Å²) in [6, 6.07) is 9.89. The fourth-order valence-corrected chi connectivity index (χ4v) is 6.50. The third-order valence-electron chi connectivity index (χ3n) is 9.18. The zero-order valence-corrected chi connectivity index (χ0v) is 34.0. The Morgan fingerprint density at radius 2 is 1.04 bits per heavy atom. The van der Waals surface area contributed by atoms with E-state index in [1.54, 1.807) is 30.5 Å². The molecule has 2 aromatic carbocycles. The number of thiol groups is 1. The summed E-state index contributed by atoms with van der Waals surface area (Å²) in [6.45, 7) is 11.2. The molecule has 6 atom stereocenters. The summed E-state index contributed by atoms with van der Waals surface area (Å²) in [7, 11) is 0. The van der Waals surface area contributed by atoms with E-state index in [2.05, 4.69) is 44.2 Å². The molecule has 9 N–H and O–H groups in total. The first-order chi connectivity index (χ1) is 26.5. The van der Waals surface area contributed by atoms with Gasteiger partial charge >= 0.3 is 5.97 Å². The number of carboxylic acid groups (broad SMARTS) is 1. The van der Waals surface area contributed by atoms with Crippen molar-refractivity contribution in [2.75, 3.05) is 5.75 Å². The molecule has 0 bridgehead atoms. The summed E-state index contributed by atoms with van der Waals surface area (Å²) in [6.07, 6.45) is 2.48. The highest BCUT2D eigenvalue weighted by atomic mass is 32.1. The molecule has 14 nitrogen and oxygen atoms in total. The molecule has 306 valence electrons. The second kappa shape index (κ2) is 22.0. The molecular formula is C41H59N7O7S. The van der Waals surface area contributed by atoms with E-state index in [0.29, 0.717) is 0 Å². The number of carboxylic acids is 1. The molecule has 0 spiro atoms. The third kappa shape index (κ3) is 14.3. The van der Waals surface area contributed by atoms with E-state index in [4.69, 9.17) is 5.73 Å². The van der Waals surface area contributed by atoms with E-state index in [0.717, 1.165) is 22.0 Å². The van der Waals surface area contributed by atoms with Crippen molar-refractivity contribution >= 4 is 59.0 Å². The first kappa shape index (κ1) is 45.5. The number of fused-ring (bicyclic) bond motifs is 1. The number of rotatable bonds is 22. The number of aromatic amines is 1. The van der Waals surface area contributed by atoms with Crippen LogP contribution < -0.4 is 32.3 Å². The molecule has 0 saturated heterocycles. The lowest BCUT2D eigenvalue weighted by Crippen LogP contribution is -2.60. The normalized spacial score (nSPS) is 14.7. The number of aromatic nitrogens is 1. The molecule has 0 aliphatic rings. The van der Waals surface area contributed by atoms with Crippen LogP contribution in [0.1, 0.15) is 71.9 Å². The van der Waals surface area contributed by atoms with E-state index in [-0.39, 0.29) is 55.6 Å². The monoisotopic (exact) mass is 793 g/mol. The maximum atomic E-state index is 14.4. The van der Waals surface area contributed by atoms with Gasteiger partial charge in [-0.3, -0.25) is 24.0 Å². The van der Waals surface area contributed by atoms with Crippen LogP contribution in [0.5, 0.6) is 0 Å². The van der Waals surface area contributed by atoms with Gasteiger partial charge in [0.05, 0.1) is 6.04 Å². The summed E-state index contributed by atoms with van der Waals surface area (Å²) in [4.78, 5) is 84.0. The van der Waals surface area contributed by atoms with Gasteiger partial charge in [0.15, 0.2) is 0 Å². The quantitative estimate of drug-likeness (QED) is 0.0687. The van der Waals surface area contributed by atoms with Crippen molar-refractivity contribution < 1.29 is 33.9 Å². The highest BCUT2D eigenvalue weighted by Crippen LogP contribution is 2.20. The van der Waals surface area contributed by atoms with Gasteiger partial charge in [-0.2, -0.15) is 12.6 Å². The summed E-state index contributed by atoms with van der Waals surface area (Å²) in [5.74, 6) is -4.35. The number of hydrogen-bond acceptors (Lipinski definition) is 8. The highest BCUT2D eigenvalue weighted by molar-refractivity contribution is 7.80. The van der Waals surface area contributed by atoms with Gasteiger partial charge in [-0.1, -0.05) is 90.1 Å². The van der Waals surface area contributed by atoms with Crippen molar-refractivity contribution in [3.8, 4) is 0 Å². The third-order valence-corrected chi connectivity index (χ3v) is 9.58. The lowest BCUT2D eigenvalue weighted by atomic mass is 9.98. The van der Waals surface area contributed by atoms with Crippen LogP contribution in [-0.4, -0.2) is 87.6 Å². The first-order valence-corrected chi connectivity index (χ1v) is 19.8. The molecule has 0 radical (unpaired) electrons. The second-order valence-corrected chi connectivity index (χ2v) is 15.9. The molecule has 3 aromatic rings. The van der Waals surface area contributed by atoms with Crippen molar-refractivity contribution in [1.29, 1.82) is 0 Å². The molecule has 1 aromatic heterocycles. The number of amides is 5. The Bertz CT molecular complexity index is 1780. The minimum Gasteiger partial charge on any atom is -0.480 e. The van der Waals surface area contributed by atoms with Crippen LogP contribution in [0.15, 0.2) is 60.8 Å². The van der Waals surface area contributed by atoms with Crippen LogP contribution in [0, 0.1) is 17.8 Å². The number of H-pyrrole nitrogens is 1. The topological polar surface area (TPSA) is 225 Å². The van der Waals surface area contributed by atoms with E-state index in [9.17, 15) is 33.9 Å². The molecule has 0 aliphatic carbocycles. The minimum atomic E-state index is -1.23. The molecular weight excluding hydrogens is 735 g/mol. The van der Waals surface area contributed by atoms with E-state index in [1.807, 2.05) is 71.9 Å². The summed E-state index contributed by atoms with van der Waals surface area (Å²) in [5, 5.41) is 24.4. The lowest BCUT2D eigenvalue weighted by Gasteiger charge is -2.28. The molecule has 0 aliphatic heterocycles. The first-order valence-electron chi connectivity index (χ1n) is 19.2. The van der Waals surface area contributed by atoms with Gasteiger partial charge in [-0.25, -0.2) is 4.79 Å². The van der Waals surface area contributed by atoms with Gasteiger partial charge in [-0.05, 0) is 54.2 Å². The predicted molar refractivity (Wildman–Crippen MR) is 220 cm³/mol. The van der Waals surface area contributed by atoms with Crippen molar-refractivity contribution in [3.05, 3.63) is 71.9 Å². The highest BCUT2D eigenvalue weighted by Gasteiger charge is 2.34. The van der Waals surface area contributed by atoms with Crippen molar-refractivity contribution in [1.82, 2.24) is 31.6 Å². The number of nitrogens with two attached hydrogens (primary N) is 1. The number of carbonyl (C=O) groups is 6. The molecule has 0 unspecified atom stereocenters. The Morgan fingerprint density at radius 3 is 1.55 bits per heavy atom. The van der Waals surface area contributed by atoms with Crippen LogP contribution in [0.2, 0.25) is 0 Å². The van der Waals surface area contributed by atoms with Crippen molar-refractivity contribution in [3.63, 3.8) is 0 Å². The van der Waals surface area contributed by atoms with E-state index >= 15 is 0 Å². The van der Waals surface area contributed by atoms with Crippen LogP contribution in [0.25, 0.3) is 10.9 Å². The van der Waals surface area contributed by atoms with Gasteiger partial charge < -0.3 is 42.4 Å². The molecule has 0 fully saturated rings. The van der Waals surface area contributed by atoms with Crippen molar-refractivity contribution in [2.24, 2.45) is 23.5 Å². The van der Waals surface area contributed by atoms with Gasteiger partial charge in [0, 0.05) is 35.7 Å². The summed E-state index contributed by atoms with van der Waals surface area (Å²) < 4.78 is 0. The van der Waals surface area contributed by atoms with Crippen LogP contribution >= 0.6 is 12.6 Å². The Labute approximate surface area is 334 Å². The molecule has 3 rings (SSSR count). The van der Waals surface area contributed by atoms with E-state index in [1.165, 1.54) is 0 Å². The lowest BCUT2D eigenvalue weighted by molar-refractivity contribution is -0.143. The average molecular weight is 794 g/mol. The van der Waals surface area contributed by atoms with Gasteiger partial charge in [0.1, 0.15) is 30.2 Å². The number of nitrogens with one attached hydrogen (secondary N) is 6. The molecule has 5 amide bonds. The number of hydrogen-bond donors (Lipinski definition) is 9. The molecule has 56 heavy (non-hydrogen) atoms.